The van der Waals surface area contributed by atoms with Gasteiger partial charge in [0.1, 0.15) is 11.1 Å². The van der Waals surface area contributed by atoms with Crippen LogP contribution in [0.4, 0.5) is 0 Å². The van der Waals surface area contributed by atoms with Gasteiger partial charge in [0.05, 0.1) is 18.0 Å². The third-order valence-corrected chi connectivity index (χ3v) is 4.08. The molecule has 2 N–H and O–H groups in total. The number of aromatic amines is 1. The van der Waals surface area contributed by atoms with Crippen LogP contribution in [0.1, 0.15) is 29.5 Å². The van der Waals surface area contributed by atoms with Crippen LogP contribution in [0.5, 0.6) is 0 Å². The van der Waals surface area contributed by atoms with E-state index < -0.39 is 6.10 Å². The Kier molecular flexibility index (Phi) is 3.29. The number of nitrogens with one attached hydrogen (secondary N) is 1. The molecule has 1 saturated heterocycles. The molecule has 0 saturated carbocycles. The fourth-order valence-corrected chi connectivity index (χ4v) is 2.83. The number of amides is 1. The summed E-state index contributed by atoms with van der Waals surface area (Å²) in [4.78, 5) is 32.7. The fraction of sp³-hybridized carbons (Fsp3) is 0.500. The van der Waals surface area contributed by atoms with Gasteiger partial charge < -0.3 is 19.4 Å². The van der Waals surface area contributed by atoms with E-state index in [2.05, 4.69) is 9.97 Å². The Morgan fingerprint density at radius 2 is 2.38 bits per heavy atom. The monoisotopic (exact) mass is 291 g/mol. The summed E-state index contributed by atoms with van der Waals surface area (Å²) >= 11 is 0. The van der Waals surface area contributed by atoms with Gasteiger partial charge in [-0.25, -0.2) is 4.98 Å². The van der Waals surface area contributed by atoms with Gasteiger partial charge in [-0.3, -0.25) is 9.59 Å². The molecule has 1 aliphatic heterocycles. The number of aliphatic hydroxyl groups excluding tert-OH is 1. The number of carbonyl (C=O) groups is 1. The van der Waals surface area contributed by atoms with E-state index in [0.29, 0.717) is 18.8 Å². The Morgan fingerprint density at radius 3 is 3.05 bits per heavy atom. The number of rotatable bonds is 2. The maximum Gasteiger partial charge on any atom is 0.262 e. The van der Waals surface area contributed by atoms with Crippen molar-refractivity contribution < 1.29 is 14.3 Å². The average molecular weight is 291 g/mol. The maximum atomic E-state index is 12.7. The van der Waals surface area contributed by atoms with Crippen LogP contribution in [0.2, 0.25) is 0 Å². The van der Waals surface area contributed by atoms with Crippen molar-refractivity contribution in [3.05, 3.63) is 28.0 Å². The van der Waals surface area contributed by atoms with Gasteiger partial charge in [0, 0.05) is 19.0 Å². The van der Waals surface area contributed by atoms with E-state index in [9.17, 15) is 14.7 Å². The first-order valence-electron chi connectivity index (χ1n) is 6.93. The summed E-state index contributed by atoms with van der Waals surface area (Å²) < 4.78 is 5.41. The van der Waals surface area contributed by atoms with E-state index in [-0.39, 0.29) is 34.0 Å². The number of furan rings is 1. The molecule has 21 heavy (non-hydrogen) atoms. The zero-order valence-corrected chi connectivity index (χ0v) is 11.9. The first kappa shape index (κ1) is 13.8. The highest BCUT2D eigenvalue weighted by Crippen LogP contribution is 2.26. The van der Waals surface area contributed by atoms with Gasteiger partial charge in [-0.15, -0.1) is 0 Å². The lowest BCUT2D eigenvalue weighted by Gasteiger charge is -2.17. The van der Waals surface area contributed by atoms with E-state index >= 15 is 0 Å². The molecule has 0 aromatic carbocycles. The average Bonchev–Trinajstić information content (AvgIpc) is 3.02. The Balaban J connectivity index is 2.00. The minimum Gasteiger partial charge on any atom is -0.442 e. The first-order chi connectivity index (χ1) is 9.99. The quantitative estimate of drug-likeness (QED) is 0.847. The Labute approximate surface area is 120 Å². The fourth-order valence-electron chi connectivity index (χ4n) is 2.83. The minimum absolute atomic E-state index is 0.0730. The van der Waals surface area contributed by atoms with Gasteiger partial charge in [-0.05, 0) is 20.3 Å². The molecule has 0 bridgehead atoms. The Bertz CT molecular complexity index is 746. The lowest BCUT2D eigenvalue weighted by molar-refractivity contribution is 0.0762. The number of aliphatic hydroxyl groups is 1. The van der Waals surface area contributed by atoms with Gasteiger partial charge in [-0.2, -0.15) is 0 Å². The van der Waals surface area contributed by atoms with E-state index in [1.807, 2.05) is 0 Å². The standard InChI is InChI=1S/C14H17N3O4/c1-7(18)9-3-4-17(5-9)14(20)10-8(2)21-13-11(10)12(19)15-6-16-13/h6-7,9,18H,3-5H2,1-2H3,(H,15,16,19). The first-order valence-corrected chi connectivity index (χ1v) is 6.93. The highest BCUT2D eigenvalue weighted by Gasteiger charge is 2.32. The van der Waals surface area contributed by atoms with Crippen molar-refractivity contribution in [3.63, 3.8) is 0 Å². The molecule has 2 aromatic heterocycles. The summed E-state index contributed by atoms with van der Waals surface area (Å²) in [7, 11) is 0. The third kappa shape index (κ3) is 2.23. The van der Waals surface area contributed by atoms with Crippen LogP contribution in [0.25, 0.3) is 11.1 Å². The lowest BCUT2D eigenvalue weighted by Crippen LogP contribution is -2.31. The number of nitrogens with zero attached hydrogens (tertiary/aromatic N) is 2. The summed E-state index contributed by atoms with van der Waals surface area (Å²) in [5.74, 6) is 0.219. The molecular weight excluding hydrogens is 274 g/mol. The zero-order chi connectivity index (χ0) is 15.1. The minimum atomic E-state index is -0.449. The largest absolute Gasteiger partial charge is 0.442 e. The van der Waals surface area contributed by atoms with Gasteiger partial charge in [-0.1, -0.05) is 0 Å². The molecule has 2 atom stereocenters. The van der Waals surface area contributed by atoms with Crippen LogP contribution in [-0.2, 0) is 0 Å². The predicted molar refractivity (Wildman–Crippen MR) is 75.1 cm³/mol. The van der Waals surface area contributed by atoms with Crippen LogP contribution in [0.15, 0.2) is 15.5 Å². The van der Waals surface area contributed by atoms with Crippen LogP contribution in [-0.4, -0.2) is 45.1 Å². The Hall–Kier alpha value is -2.15. The number of likely N-dealkylation sites (tertiary alicyclic amines) is 1. The molecule has 2 unspecified atom stereocenters. The SMILES string of the molecule is Cc1oc2nc[nH]c(=O)c2c1C(=O)N1CCC(C(C)O)C1. The summed E-state index contributed by atoms with van der Waals surface area (Å²) in [6.07, 6.45) is 1.56. The number of aromatic nitrogens is 2. The van der Waals surface area contributed by atoms with Crippen LogP contribution >= 0.6 is 0 Å². The van der Waals surface area contributed by atoms with Gasteiger partial charge in [0.25, 0.3) is 11.5 Å². The Morgan fingerprint density at radius 1 is 1.62 bits per heavy atom. The van der Waals surface area contributed by atoms with Crippen molar-refractivity contribution >= 4 is 17.0 Å². The number of hydrogen-bond donors (Lipinski definition) is 2. The second-order valence-corrected chi connectivity index (χ2v) is 5.49. The lowest BCUT2D eigenvalue weighted by atomic mass is 10.0. The predicted octanol–water partition coefficient (Wildman–Crippen LogP) is 0.667. The highest BCUT2D eigenvalue weighted by atomic mass is 16.3. The van der Waals surface area contributed by atoms with Crippen molar-refractivity contribution in [2.45, 2.75) is 26.4 Å². The van der Waals surface area contributed by atoms with Crippen LogP contribution in [0, 0.1) is 12.8 Å². The van der Waals surface area contributed by atoms with E-state index in [1.54, 1.807) is 18.7 Å². The second kappa shape index (κ2) is 5.00. The van der Waals surface area contributed by atoms with E-state index in [0.717, 1.165) is 6.42 Å². The summed E-state index contributed by atoms with van der Waals surface area (Å²) in [5.41, 5.74) is 0.0583. The van der Waals surface area contributed by atoms with Crippen molar-refractivity contribution in [3.8, 4) is 0 Å². The molecule has 112 valence electrons. The molecule has 0 aliphatic carbocycles. The molecule has 1 aliphatic rings. The second-order valence-electron chi connectivity index (χ2n) is 5.49. The number of carbonyl (C=O) groups excluding carboxylic acids is 1. The molecule has 0 radical (unpaired) electrons. The highest BCUT2D eigenvalue weighted by molar-refractivity contribution is 6.06. The molecule has 7 heteroatoms. The van der Waals surface area contributed by atoms with E-state index in [4.69, 9.17) is 4.42 Å². The molecule has 7 nitrogen and oxygen atoms in total. The summed E-state index contributed by atoms with van der Waals surface area (Å²) in [6, 6.07) is 0. The topological polar surface area (TPSA) is 99.4 Å². The summed E-state index contributed by atoms with van der Waals surface area (Å²) in [6.45, 7) is 4.43. The molecule has 0 spiro atoms. The van der Waals surface area contributed by atoms with Crippen LogP contribution < -0.4 is 5.56 Å². The van der Waals surface area contributed by atoms with Crippen molar-refractivity contribution in [1.29, 1.82) is 0 Å². The molecule has 1 amide bonds. The summed E-state index contributed by atoms with van der Waals surface area (Å²) in [5, 5.41) is 9.83. The normalized spacial score (nSPS) is 20.1. The third-order valence-electron chi connectivity index (χ3n) is 4.08. The van der Waals surface area contributed by atoms with E-state index in [1.165, 1.54) is 6.33 Å². The smallest absolute Gasteiger partial charge is 0.262 e. The van der Waals surface area contributed by atoms with Crippen LogP contribution in [0.3, 0.4) is 0 Å². The molecule has 3 rings (SSSR count). The molecule has 2 aromatic rings. The van der Waals surface area contributed by atoms with Crippen molar-refractivity contribution in [1.82, 2.24) is 14.9 Å². The van der Waals surface area contributed by atoms with Crippen molar-refractivity contribution in [2.24, 2.45) is 5.92 Å². The number of fused-ring (bicyclic) bond motifs is 1. The maximum absolute atomic E-state index is 12.7. The number of aryl methyl sites for hydroxylation is 1. The zero-order valence-electron chi connectivity index (χ0n) is 11.9. The van der Waals surface area contributed by atoms with Crippen molar-refractivity contribution in [2.75, 3.05) is 13.1 Å². The number of H-pyrrole nitrogens is 1. The molecular formula is C14H17N3O4. The van der Waals surface area contributed by atoms with Gasteiger partial charge >= 0.3 is 0 Å². The molecule has 1 fully saturated rings. The van der Waals surface area contributed by atoms with Gasteiger partial charge in [0.15, 0.2) is 0 Å². The molecule has 3 heterocycles. The van der Waals surface area contributed by atoms with Gasteiger partial charge in [0.2, 0.25) is 5.71 Å². The number of hydrogen-bond acceptors (Lipinski definition) is 5.